The number of rotatable bonds is 1. The van der Waals surface area contributed by atoms with Crippen LogP contribution >= 0.6 is 0 Å². The first-order valence-electron chi connectivity index (χ1n) is 4.85. The molecule has 0 saturated carbocycles. The van der Waals surface area contributed by atoms with Gasteiger partial charge in [0, 0.05) is 12.6 Å². The molecule has 0 aliphatic heterocycles. The lowest BCUT2D eigenvalue weighted by Gasteiger charge is -2.16. The number of nitrogens with zero attached hydrogens (tertiary/aromatic N) is 3. The van der Waals surface area contributed by atoms with Gasteiger partial charge in [-0.2, -0.15) is 5.10 Å². The summed E-state index contributed by atoms with van der Waals surface area (Å²) in [4.78, 5) is 14.0. The summed E-state index contributed by atoms with van der Waals surface area (Å²) in [6.45, 7) is 2.21. The van der Waals surface area contributed by atoms with Crippen molar-refractivity contribution in [3.63, 3.8) is 0 Å². The first-order valence-corrected chi connectivity index (χ1v) is 4.85. The molecule has 0 bridgehead atoms. The van der Waals surface area contributed by atoms with Crippen LogP contribution in [-0.2, 0) is 24.7 Å². The highest BCUT2D eigenvalue weighted by molar-refractivity contribution is 5.51. The third kappa shape index (κ3) is 1.38. The number of carbonyl (C=O) groups excluding carboxylic acids is 1. The van der Waals surface area contributed by atoms with Crippen LogP contribution in [0.4, 0.5) is 5.82 Å². The number of aromatic nitrogens is 2. The average molecular weight is 191 g/mol. The average Bonchev–Trinajstić information content (AvgIpc) is 2.45. The molecule has 1 atom stereocenters. The van der Waals surface area contributed by atoms with Crippen molar-refractivity contribution < 1.29 is 4.79 Å². The fourth-order valence-corrected chi connectivity index (χ4v) is 2.04. The molecule has 0 radical (unpaired) electrons. The monoisotopic (exact) mass is 191 g/mol. The molecule has 1 aliphatic rings. The number of aryl methyl sites for hydroxylation is 2. The van der Waals surface area contributed by atoms with Crippen LogP contribution in [0.2, 0.25) is 0 Å². The molecule has 14 heavy (non-hydrogen) atoms. The van der Waals surface area contributed by atoms with E-state index in [1.54, 1.807) is 10.8 Å². The van der Waals surface area contributed by atoms with Crippen molar-refractivity contribution in [3.8, 4) is 0 Å². The Labute approximate surface area is 82.6 Å². The Bertz CT molecular complexity index is 402. The Kier molecular flexibility index (Phi) is 2.22. The second kappa shape index (κ2) is 3.39. The third-order valence-electron chi connectivity index (χ3n) is 2.77. The van der Waals surface area contributed by atoms with Gasteiger partial charge in [0.2, 0.25) is 6.08 Å². The minimum atomic E-state index is 0.660. The summed E-state index contributed by atoms with van der Waals surface area (Å²) in [5.74, 6) is 1.34. The molecule has 74 valence electrons. The number of isocyanates is 1. The Balaban J connectivity index is 2.50. The smallest absolute Gasteiger partial charge is 0.242 e. The van der Waals surface area contributed by atoms with Crippen LogP contribution in [0.15, 0.2) is 4.99 Å². The highest BCUT2D eigenvalue weighted by Gasteiger charge is 2.22. The Morgan fingerprint density at radius 1 is 1.64 bits per heavy atom. The quantitative estimate of drug-likeness (QED) is 0.499. The molecule has 2 rings (SSSR count). The lowest BCUT2D eigenvalue weighted by molar-refractivity contribution is 0.497. The largest absolute Gasteiger partial charge is 0.250 e. The van der Waals surface area contributed by atoms with E-state index in [4.69, 9.17) is 0 Å². The maximum absolute atomic E-state index is 10.3. The van der Waals surface area contributed by atoms with Crippen molar-refractivity contribution in [1.82, 2.24) is 9.78 Å². The van der Waals surface area contributed by atoms with Crippen molar-refractivity contribution >= 4 is 11.9 Å². The van der Waals surface area contributed by atoms with Crippen LogP contribution in [0.1, 0.15) is 24.6 Å². The fourth-order valence-electron chi connectivity index (χ4n) is 2.04. The van der Waals surface area contributed by atoms with Gasteiger partial charge in [-0.1, -0.05) is 6.92 Å². The van der Waals surface area contributed by atoms with Gasteiger partial charge in [0.15, 0.2) is 5.82 Å². The molecule has 4 nitrogen and oxygen atoms in total. The Hall–Kier alpha value is -1.41. The predicted molar refractivity (Wildman–Crippen MR) is 52.2 cm³/mol. The van der Waals surface area contributed by atoms with Gasteiger partial charge < -0.3 is 0 Å². The fraction of sp³-hybridized carbons (Fsp3) is 0.600. The molecule has 0 amide bonds. The maximum atomic E-state index is 10.3. The molecular weight excluding hydrogens is 178 g/mol. The zero-order chi connectivity index (χ0) is 10.1. The van der Waals surface area contributed by atoms with Gasteiger partial charge in [-0.3, -0.25) is 0 Å². The van der Waals surface area contributed by atoms with Gasteiger partial charge in [-0.15, -0.1) is 4.99 Å². The Morgan fingerprint density at radius 2 is 2.43 bits per heavy atom. The van der Waals surface area contributed by atoms with Crippen LogP contribution in [-0.4, -0.2) is 15.9 Å². The van der Waals surface area contributed by atoms with E-state index in [9.17, 15) is 4.79 Å². The van der Waals surface area contributed by atoms with E-state index in [0.29, 0.717) is 11.7 Å². The lowest BCUT2D eigenvalue weighted by Crippen LogP contribution is -2.09. The van der Waals surface area contributed by atoms with Crippen LogP contribution < -0.4 is 0 Å². The van der Waals surface area contributed by atoms with Gasteiger partial charge in [0.1, 0.15) is 0 Å². The lowest BCUT2D eigenvalue weighted by atomic mass is 9.89. The van der Waals surface area contributed by atoms with E-state index in [-0.39, 0.29) is 0 Å². The van der Waals surface area contributed by atoms with Crippen LogP contribution in [0.25, 0.3) is 0 Å². The molecule has 0 aromatic carbocycles. The van der Waals surface area contributed by atoms with Gasteiger partial charge in [-0.25, -0.2) is 9.48 Å². The highest BCUT2D eigenvalue weighted by Crippen LogP contribution is 2.31. The number of hydrogen-bond acceptors (Lipinski definition) is 3. The maximum Gasteiger partial charge on any atom is 0.242 e. The van der Waals surface area contributed by atoms with Crippen molar-refractivity contribution in [2.24, 2.45) is 18.0 Å². The zero-order valence-corrected chi connectivity index (χ0v) is 8.45. The summed E-state index contributed by atoms with van der Waals surface area (Å²) in [7, 11) is 1.82. The molecule has 1 aromatic rings. The summed E-state index contributed by atoms with van der Waals surface area (Å²) in [5.41, 5.74) is 2.23. The first-order chi connectivity index (χ1) is 6.72. The molecule has 0 spiro atoms. The van der Waals surface area contributed by atoms with E-state index in [1.165, 1.54) is 6.42 Å². The number of fused-ring (bicyclic) bond motifs is 1. The predicted octanol–water partition coefficient (Wildman–Crippen LogP) is 1.51. The Morgan fingerprint density at radius 3 is 3.14 bits per heavy atom. The minimum absolute atomic E-state index is 0.660. The summed E-state index contributed by atoms with van der Waals surface area (Å²) in [6.07, 6.45) is 4.74. The summed E-state index contributed by atoms with van der Waals surface area (Å²) >= 11 is 0. The van der Waals surface area contributed by atoms with Crippen LogP contribution in [0.5, 0.6) is 0 Å². The molecule has 1 aliphatic carbocycles. The second-order valence-corrected chi connectivity index (χ2v) is 3.92. The van der Waals surface area contributed by atoms with E-state index in [2.05, 4.69) is 17.0 Å². The molecule has 0 fully saturated rings. The molecule has 1 aromatic heterocycles. The summed E-state index contributed by atoms with van der Waals surface area (Å²) in [6, 6.07) is 0. The highest BCUT2D eigenvalue weighted by atomic mass is 16.1. The first kappa shape index (κ1) is 9.16. The van der Waals surface area contributed by atoms with E-state index in [0.717, 1.165) is 24.1 Å². The molecule has 1 heterocycles. The van der Waals surface area contributed by atoms with Crippen LogP contribution in [0.3, 0.4) is 0 Å². The molecule has 0 N–H and O–H groups in total. The van der Waals surface area contributed by atoms with Crippen molar-refractivity contribution in [3.05, 3.63) is 11.3 Å². The van der Waals surface area contributed by atoms with E-state index in [1.807, 2.05) is 7.05 Å². The third-order valence-corrected chi connectivity index (χ3v) is 2.77. The molecule has 1 unspecified atom stereocenters. The standard InChI is InChI=1S/C10H13N3O/c1-7-3-4-9-8(5-7)10(11-6-14)13(2)12-9/h7H,3-5H2,1-2H3. The second-order valence-electron chi connectivity index (χ2n) is 3.92. The van der Waals surface area contributed by atoms with E-state index < -0.39 is 0 Å². The molecular formula is C10H13N3O. The van der Waals surface area contributed by atoms with Crippen molar-refractivity contribution in [1.29, 1.82) is 0 Å². The van der Waals surface area contributed by atoms with Crippen molar-refractivity contribution in [2.45, 2.75) is 26.2 Å². The van der Waals surface area contributed by atoms with Gasteiger partial charge in [0.05, 0.1) is 5.69 Å². The summed E-state index contributed by atoms with van der Waals surface area (Å²) in [5, 5.41) is 4.35. The van der Waals surface area contributed by atoms with Crippen molar-refractivity contribution in [2.75, 3.05) is 0 Å². The number of hydrogen-bond donors (Lipinski definition) is 0. The minimum Gasteiger partial charge on any atom is -0.250 e. The number of aliphatic imine (C=N–C) groups is 1. The summed E-state index contributed by atoms with van der Waals surface area (Å²) < 4.78 is 1.67. The van der Waals surface area contributed by atoms with Gasteiger partial charge in [-0.05, 0) is 25.2 Å². The van der Waals surface area contributed by atoms with Gasteiger partial charge >= 0.3 is 0 Å². The van der Waals surface area contributed by atoms with Gasteiger partial charge in [0.25, 0.3) is 0 Å². The molecule has 4 heteroatoms. The molecule has 0 saturated heterocycles. The topological polar surface area (TPSA) is 47.2 Å². The zero-order valence-electron chi connectivity index (χ0n) is 8.45. The SMILES string of the molecule is CC1CCc2nn(C)c(N=C=O)c2C1. The normalized spacial score (nSPS) is 20.0. The van der Waals surface area contributed by atoms with Crippen LogP contribution in [0, 0.1) is 5.92 Å². The van der Waals surface area contributed by atoms with E-state index >= 15 is 0 Å².